The van der Waals surface area contributed by atoms with Crippen LogP contribution < -0.4 is 5.73 Å². The predicted molar refractivity (Wildman–Crippen MR) is 71.8 cm³/mol. The molecule has 0 amide bonds. The van der Waals surface area contributed by atoms with Crippen LogP contribution in [0.3, 0.4) is 0 Å². The summed E-state index contributed by atoms with van der Waals surface area (Å²) >= 11 is 5.95. The zero-order chi connectivity index (χ0) is 13.2. The van der Waals surface area contributed by atoms with Crippen molar-refractivity contribution in [3.8, 4) is 11.5 Å². The van der Waals surface area contributed by atoms with E-state index in [9.17, 15) is 0 Å². The Morgan fingerprint density at radius 2 is 2.32 bits per heavy atom. The standard InChI is InChI=1S/C13H14ClN3O2/c14-8-3-4-11(15)10(6-8)13-16-12(17-19-13)7-9-2-1-5-18-9/h3-4,6,9H,1-2,5,7,15H2. The number of nitrogen functional groups attached to an aromatic ring is 1. The van der Waals surface area contributed by atoms with Crippen molar-refractivity contribution in [2.45, 2.75) is 25.4 Å². The van der Waals surface area contributed by atoms with E-state index in [0.717, 1.165) is 19.4 Å². The second-order valence-corrected chi connectivity index (χ2v) is 5.02. The van der Waals surface area contributed by atoms with E-state index in [-0.39, 0.29) is 6.10 Å². The molecule has 0 aliphatic carbocycles. The van der Waals surface area contributed by atoms with E-state index in [0.29, 0.717) is 34.4 Å². The van der Waals surface area contributed by atoms with Gasteiger partial charge in [0.1, 0.15) is 0 Å². The summed E-state index contributed by atoms with van der Waals surface area (Å²) < 4.78 is 10.8. The number of rotatable bonds is 3. The minimum absolute atomic E-state index is 0.196. The van der Waals surface area contributed by atoms with Gasteiger partial charge < -0.3 is 15.0 Å². The summed E-state index contributed by atoms with van der Waals surface area (Å²) in [4.78, 5) is 4.35. The van der Waals surface area contributed by atoms with E-state index < -0.39 is 0 Å². The summed E-state index contributed by atoms with van der Waals surface area (Å²) in [6.45, 7) is 0.816. The first-order chi connectivity index (χ1) is 9.22. The van der Waals surface area contributed by atoms with E-state index in [1.165, 1.54) is 0 Å². The molecule has 2 heterocycles. The van der Waals surface area contributed by atoms with Gasteiger partial charge in [-0.05, 0) is 31.0 Å². The molecule has 5 nitrogen and oxygen atoms in total. The second kappa shape index (κ2) is 5.19. The minimum Gasteiger partial charge on any atom is -0.398 e. The fourth-order valence-electron chi connectivity index (χ4n) is 2.17. The van der Waals surface area contributed by atoms with Crippen LogP contribution in [0, 0.1) is 0 Å². The normalized spacial score (nSPS) is 18.9. The van der Waals surface area contributed by atoms with Crippen LogP contribution in [-0.4, -0.2) is 22.9 Å². The Morgan fingerprint density at radius 1 is 1.42 bits per heavy atom. The number of nitrogens with two attached hydrogens (primary N) is 1. The molecule has 1 fully saturated rings. The van der Waals surface area contributed by atoms with Crippen molar-refractivity contribution in [3.05, 3.63) is 29.0 Å². The highest BCUT2D eigenvalue weighted by Gasteiger charge is 2.20. The number of anilines is 1. The van der Waals surface area contributed by atoms with Gasteiger partial charge in [0.25, 0.3) is 5.89 Å². The summed E-state index contributed by atoms with van der Waals surface area (Å²) in [7, 11) is 0. The maximum Gasteiger partial charge on any atom is 0.260 e. The molecule has 3 rings (SSSR count). The summed E-state index contributed by atoms with van der Waals surface area (Å²) in [6, 6.07) is 5.17. The molecule has 1 aliphatic rings. The molecule has 2 N–H and O–H groups in total. The van der Waals surface area contributed by atoms with E-state index in [1.54, 1.807) is 18.2 Å². The third-order valence-electron chi connectivity index (χ3n) is 3.15. The Kier molecular flexibility index (Phi) is 3.40. The highest BCUT2D eigenvalue weighted by atomic mass is 35.5. The average molecular weight is 280 g/mol. The van der Waals surface area contributed by atoms with Gasteiger partial charge in [-0.15, -0.1) is 0 Å². The molecule has 1 aromatic heterocycles. The molecule has 1 aliphatic heterocycles. The number of aromatic nitrogens is 2. The van der Waals surface area contributed by atoms with Gasteiger partial charge in [-0.25, -0.2) is 0 Å². The molecule has 6 heteroatoms. The van der Waals surface area contributed by atoms with E-state index in [1.807, 2.05) is 0 Å². The van der Waals surface area contributed by atoms with Crippen molar-refractivity contribution in [3.63, 3.8) is 0 Å². The van der Waals surface area contributed by atoms with Crippen molar-refractivity contribution in [1.82, 2.24) is 10.1 Å². The van der Waals surface area contributed by atoms with Crippen LogP contribution in [0.5, 0.6) is 0 Å². The zero-order valence-corrected chi connectivity index (χ0v) is 11.1. The highest BCUT2D eigenvalue weighted by molar-refractivity contribution is 6.31. The van der Waals surface area contributed by atoms with Crippen LogP contribution in [-0.2, 0) is 11.2 Å². The van der Waals surface area contributed by atoms with Crippen LogP contribution in [0.2, 0.25) is 5.02 Å². The summed E-state index contributed by atoms with van der Waals surface area (Å²) in [5.74, 6) is 1.04. The molecule has 0 radical (unpaired) electrons. The van der Waals surface area contributed by atoms with Crippen LogP contribution in [0.4, 0.5) is 5.69 Å². The maximum atomic E-state index is 5.95. The topological polar surface area (TPSA) is 74.2 Å². The molecule has 100 valence electrons. The molecule has 1 saturated heterocycles. The highest BCUT2D eigenvalue weighted by Crippen LogP contribution is 2.28. The van der Waals surface area contributed by atoms with Crippen LogP contribution in [0.15, 0.2) is 22.7 Å². The second-order valence-electron chi connectivity index (χ2n) is 4.59. The Morgan fingerprint density at radius 3 is 3.11 bits per heavy atom. The summed E-state index contributed by atoms with van der Waals surface area (Å²) in [5, 5.41) is 4.55. The van der Waals surface area contributed by atoms with Gasteiger partial charge >= 0.3 is 0 Å². The van der Waals surface area contributed by atoms with Crippen molar-refractivity contribution in [2.24, 2.45) is 0 Å². The molecule has 0 saturated carbocycles. The fourth-order valence-corrected chi connectivity index (χ4v) is 2.34. The molecule has 19 heavy (non-hydrogen) atoms. The Hall–Kier alpha value is -1.59. The van der Waals surface area contributed by atoms with Gasteiger partial charge in [0.05, 0.1) is 11.7 Å². The van der Waals surface area contributed by atoms with Gasteiger partial charge in [0.15, 0.2) is 5.82 Å². The van der Waals surface area contributed by atoms with Crippen LogP contribution in [0.1, 0.15) is 18.7 Å². The smallest absolute Gasteiger partial charge is 0.260 e. The van der Waals surface area contributed by atoms with Gasteiger partial charge in [-0.1, -0.05) is 16.8 Å². The quantitative estimate of drug-likeness (QED) is 0.875. The SMILES string of the molecule is Nc1ccc(Cl)cc1-c1nc(CC2CCCO2)no1. The molecule has 1 aromatic carbocycles. The zero-order valence-electron chi connectivity index (χ0n) is 10.3. The number of hydrogen-bond acceptors (Lipinski definition) is 5. The first-order valence-electron chi connectivity index (χ1n) is 6.22. The lowest BCUT2D eigenvalue weighted by Crippen LogP contribution is -2.09. The molecule has 0 bridgehead atoms. The third-order valence-corrected chi connectivity index (χ3v) is 3.38. The van der Waals surface area contributed by atoms with E-state index in [2.05, 4.69) is 10.1 Å². The van der Waals surface area contributed by atoms with E-state index >= 15 is 0 Å². The molecule has 0 spiro atoms. The first-order valence-corrected chi connectivity index (χ1v) is 6.60. The van der Waals surface area contributed by atoms with Gasteiger partial charge in [-0.2, -0.15) is 4.98 Å². The number of halogens is 1. The third kappa shape index (κ3) is 2.72. The number of ether oxygens (including phenoxy) is 1. The summed E-state index contributed by atoms with van der Waals surface area (Å²) in [6.07, 6.45) is 3.01. The molecular formula is C13H14ClN3O2. The molecule has 2 aromatic rings. The molecule has 1 unspecified atom stereocenters. The molecule has 1 atom stereocenters. The Labute approximate surface area is 115 Å². The maximum absolute atomic E-state index is 5.95. The predicted octanol–water partition coefficient (Wildman–Crippen LogP) is 2.69. The number of benzene rings is 1. The Bertz CT molecular complexity index is 579. The van der Waals surface area contributed by atoms with Crippen molar-refractivity contribution in [1.29, 1.82) is 0 Å². The van der Waals surface area contributed by atoms with Crippen molar-refractivity contribution in [2.75, 3.05) is 12.3 Å². The number of hydrogen-bond donors (Lipinski definition) is 1. The minimum atomic E-state index is 0.196. The molecular weight excluding hydrogens is 266 g/mol. The van der Waals surface area contributed by atoms with Gasteiger partial charge in [0, 0.05) is 23.7 Å². The fraction of sp³-hybridized carbons (Fsp3) is 0.385. The lowest BCUT2D eigenvalue weighted by Gasteiger charge is -2.04. The van der Waals surface area contributed by atoms with Crippen molar-refractivity contribution >= 4 is 17.3 Å². The van der Waals surface area contributed by atoms with Crippen molar-refractivity contribution < 1.29 is 9.26 Å². The van der Waals surface area contributed by atoms with Crippen LogP contribution >= 0.6 is 11.6 Å². The average Bonchev–Trinajstić information content (AvgIpc) is 3.04. The summed E-state index contributed by atoms with van der Waals surface area (Å²) in [5.41, 5.74) is 7.11. The van der Waals surface area contributed by atoms with Gasteiger partial charge in [0.2, 0.25) is 0 Å². The first kappa shape index (κ1) is 12.4. The largest absolute Gasteiger partial charge is 0.398 e. The van der Waals surface area contributed by atoms with Crippen LogP contribution in [0.25, 0.3) is 11.5 Å². The lowest BCUT2D eigenvalue weighted by atomic mass is 10.1. The lowest BCUT2D eigenvalue weighted by molar-refractivity contribution is 0.109. The monoisotopic (exact) mass is 279 g/mol. The Balaban J connectivity index is 1.82. The van der Waals surface area contributed by atoms with Gasteiger partial charge in [-0.3, -0.25) is 0 Å². The number of nitrogens with zero attached hydrogens (tertiary/aromatic N) is 2. The van der Waals surface area contributed by atoms with E-state index in [4.69, 9.17) is 26.6 Å².